The first kappa shape index (κ1) is 35.1. The van der Waals surface area contributed by atoms with Crippen LogP contribution >= 0.6 is 0 Å². The fourth-order valence-electron chi connectivity index (χ4n) is 8.62. The molecule has 1 aromatic heterocycles. The first-order valence-corrected chi connectivity index (χ1v) is 17.0. The minimum Gasteiger partial charge on any atom is -0.462 e. The lowest BCUT2D eigenvalue weighted by Crippen LogP contribution is -2.67. The van der Waals surface area contributed by atoms with E-state index in [2.05, 4.69) is 22.2 Å². The molecule has 49 heavy (non-hydrogen) atoms. The van der Waals surface area contributed by atoms with E-state index >= 15 is 0 Å². The molecule has 4 fully saturated rings. The zero-order valence-corrected chi connectivity index (χ0v) is 28.5. The van der Waals surface area contributed by atoms with Gasteiger partial charge in [-0.3, -0.25) is 4.79 Å². The molecule has 4 heterocycles. The molecule has 8 atom stereocenters. The summed E-state index contributed by atoms with van der Waals surface area (Å²) in [5, 5.41) is 25.5. The highest BCUT2D eigenvalue weighted by Gasteiger charge is 2.70. The van der Waals surface area contributed by atoms with Crippen LogP contribution in [0.5, 0.6) is 0 Å². The number of rotatable bonds is 9. The Morgan fingerprint density at radius 1 is 1.24 bits per heavy atom. The number of carbonyl (C=O) groups excluding carboxylic acids is 3. The molecular formula is C35H47N5O9. The lowest BCUT2D eigenvalue weighted by atomic mass is 9.44. The summed E-state index contributed by atoms with van der Waals surface area (Å²) < 4.78 is 22.6. The van der Waals surface area contributed by atoms with Crippen molar-refractivity contribution < 1.29 is 43.5 Å². The van der Waals surface area contributed by atoms with Crippen molar-refractivity contribution in [1.29, 1.82) is 0 Å². The molecule has 14 heteroatoms. The van der Waals surface area contributed by atoms with Crippen LogP contribution in [0.1, 0.15) is 52.5 Å². The van der Waals surface area contributed by atoms with Crippen LogP contribution in [0.4, 0.5) is 5.95 Å². The quantitative estimate of drug-likeness (QED) is 0.165. The molecule has 2 saturated heterocycles. The second-order valence-electron chi connectivity index (χ2n) is 14.3. The molecule has 266 valence electrons. The van der Waals surface area contributed by atoms with Crippen molar-refractivity contribution >= 4 is 29.4 Å². The van der Waals surface area contributed by atoms with Crippen LogP contribution in [0.15, 0.2) is 42.0 Å². The molecule has 14 nitrogen and oxygen atoms in total. The van der Waals surface area contributed by atoms with Crippen LogP contribution in [0.25, 0.3) is 5.57 Å². The normalized spacial score (nSPS) is 35.8. The summed E-state index contributed by atoms with van der Waals surface area (Å²) in [6, 6.07) is -0.789. The molecule has 5 unspecified atom stereocenters. The maximum atomic E-state index is 13.5. The molecule has 2 saturated carbocycles. The molecule has 0 radical (unpaired) electrons. The van der Waals surface area contributed by atoms with E-state index in [0.29, 0.717) is 52.2 Å². The number of hydrogen-bond donors (Lipinski definition) is 4. The number of esters is 2. The summed E-state index contributed by atoms with van der Waals surface area (Å²) >= 11 is 0. The summed E-state index contributed by atoms with van der Waals surface area (Å²) in [6.07, 6.45) is 8.92. The maximum absolute atomic E-state index is 13.5. The Kier molecular flexibility index (Phi) is 9.72. The number of cyclic esters (lactones) is 1. The molecule has 1 aromatic rings. The second kappa shape index (κ2) is 13.6. The first-order valence-electron chi connectivity index (χ1n) is 17.0. The fourth-order valence-corrected chi connectivity index (χ4v) is 8.62. The SMILES string of the molecule is CCOC(=O)C(=C1C=C(C=CC2C3(CO3)C(NC(C)C(=O)N3CCOCC3)CC3[C@]2(C)CC[C@@H](O)[C@@]3(C)CO)C(=O)O1)c1cnc(N)nc1. The third kappa shape index (κ3) is 6.29. The summed E-state index contributed by atoms with van der Waals surface area (Å²) in [7, 11) is 0. The van der Waals surface area contributed by atoms with E-state index in [9.17, 15) is 24.6 Å². The number of allylic oxidation sites excluding steroid dienone is 1. The monoisotopic (exact) mass is 681 g/mol. The Hall–Kier alpha value is -3.69. The molecule has 5 N–H and O–H groups in total. The van der Waals surface area contributed by atoms with Crippen molar-refractivity contribution in [3.05, 3.63) is 47.5 Å². The molecule has 0 bridgehead atoms. The number of aromatic nitrogens is 2. The Bertz CT molecular complexity index is 1550. The predicted octanol–water partition coefficient (Wildman–Crippen LogP) is 1.14. The van der Waals surface area contributed by atoms with E-state index in [4.69, 9.17) is 24.7 Å². The van der Waals surface area contributed by atoms with Gasteiger partial charge in [0, 0.05) is 48.4 Å². The van der Waals surface area contributed by atoms with E-state index in [1.807, 2.05) is 19.9 Å². The van der Waals surface area contributed by atoms with Crippen LogP contribution in [-0.2, 0) is 33.3 Å². The van der Waals surface area contributed by atoms with Crippen LogP contribution in [0.3, 0.4) is 0 Å². The highest BCUT2D eigenvalue weighted by atomic mass is 16.6. The number of nitrogen functional groups attached to an aromatic ring is 1. The number of hydrogen-bond acceptors (Lipinski definition) is 13. The van der Waals surface area contributed by atoms with Gasteiger partial charge in [0.15, 0.2) is 0 Å². The van der Waals surface area contributed by atoms with Gasteiger partial charge in [-0.1, -0.05) is 26.0 Å². The van der Waals surface area contributed by atoms with E-state index in [1.165, 1.54) is 18.5 Å². The topological polar surface area (TPSA) is 199 Å². The number of nitrogens with two attached hydrogens (primary N) is 1. The van der Waals surface area contributed by atoms with Crippen molar-refractivity contribution in [2.24, 2.45) is 22.7 Å². The van der Waals surface area contributed by atoms with E-state index in [-0.39, 0.29) is 65.4 Å². The number of aliphatic hydroxyl groups is 2. The molecule has 2 aliphatic carbocycles. The lowest BCUT2D eigenvalue weighted by molar-refractivity contribution is -0.174. The van der Waals surface area contributed by atoms with E-state index in [1.54, 1.807) is 17.9 Å². The van der Waals surface area contributed by atoms with Gasteiger partial charge in [0.2, 0.25) is 11.9 Å². The van der Waals surface area contributed by atoms with Gasteiger partial charge in [-0.15, -0.1) is 0 Å². The van der Waals surface area contributed by atoms with E-state index < -0.39 is 40.5 Å². The number of fused-ring (bicyclic) bond motifs is 1. The smallest absolute Gasteiger partial charge is 0.343 e. The number of carbonyl (C=O) groups is 3. The molecule has 3 aliphatic heterocycles. The maximum Gasteiger partial charge on any atom is 0.343 e. The number of amides is 1. The number of anilines is 1. The Morgan fingerprint density at radius 3 is 2.57 bits per heavy atom. The minimum atomic E-state index is -0.801. The number of morpholine rings is 1. The average Bonchev–Trinajstić information content (AvgIpc) is 3.80. The van der Waals surface area contributed by atoms with Crippen molar-refractivity contribution in [2.45, 2.75) is 70.7 Å². The Morgan fingerprint density at radius 2 is 1.94 bits per heavy atom. The average molecular weight is 682 g/mol. The third-order valence-electron chi connectivity index (χ3n) is 11.5. The minimum absolute atomic E-state index is 0.00484. The summed E-state index contributed by atoms with van der Waals surface area (Å²) in [6.45, 7) is 10.0. The van der Waals surface area contributed by atoms with Gasteiger partial charge in [0.05, 0.1) is 50.8 Å². The first-order chi connectivity index (χ1) is 23.4. The summed E-state index contributed by atoms with van der Waals surface area (Å²) in [5.41, 5.74) is 4.22. The van der Waals surface area contributed by atoms with Crippen LogP contribution in [-0.4, -0.2) is 113 Å². The highest BCUT2D eigenvalue weighted by Crippen LogP contribution is 2.65. The molecule has 6 rings (SSSR count). The number of nitrogens with one attached hydrogen (secondary N) is 1. The zero-order chi connectivity index (χ0) is 35.1. The van der Waals surface area contributed by atoms with Gasteiger partial charge >= 0.3 is 11.9 Å². The van der Waals surface area contributed by atoms with Gasteiger partial charge in [-0.25, -0.2) is 19.6 Å². The summed E-state index contributed by atoms with van der Waals surface area (Å²) in [5.74, 6) is -1.76. The van der Waals surface area contributed by atoms with E-state index in [0.717, 1.165) is 0 Å². The molecule has 0 aromatic carbocycles. The Labute approximate surface area is 285 Å². The third-order valence-corrected chi connectivity index (χ3v) is 11.5. The van der Waals surface area contributed by atoms with Crippen molar-refractivity contribution in [2.75, 3.05) is 51.9 Å². The van der Waals surface area contributed by atoms with Crippen LogP contribution < -0.4 is 11.1 Å². The van der Waals surface area contributed by atoms with Crippen LogP contribution in [0.2, 0.25) is 0 Å². The summed E-state index contributed by atoms with van der Waals surface area (Å²) in [4.78, 5) is 49.5. The van der Waals surface area contributed by atoms with Gasteiger partial charge in [-0.2, -0.15) is 0 Å². The number of aliphatic hydroxyl groups excluding tert-OH is 2. The fraction of sp³-hybridized carbons (Fsp3) is 0.629. The number of nitrogens with zero attached hydrogens (tertiary/aromatic N) is 3. The number of epoxide rings is 1. The standard InChI is InChI=1S/C35H47N5O9/c1-5-47-31(45)28(22-16-37-32(36)38-17-22)23-14-21(30(44)49-23)6-7-24-33(3)9-8-27(42)34(4,18-41)25(33)15-26(35(24)19-48-35)39-20(2)29(43)40-10-12-46-13-11-40/h6-7,14,16-17,20,24-27,39,41-42H,5,8-13,15,18-19H2,1-4H3,(H2,36,37,38)/t20?,24?,25?,26?,27-,33-,34+,35?/m1/s1. The van der Waals surface area contributed by atoms with Gasteiger partial charge in [0.25, 0.3) is 0 Å². The van der Waals surface area contributed by atoms with Gasteiger partial charge in [0.1, 0.15) is 16.9 Å². The molecule has 5 aliphatic rings. The van der Waals surface area contributed by atoms with Crippen molar-refractivity contribution in [1.82, 2.24) is 20.2 Å². The van der Waals surface area contributed by atoms with Gasteiger partial charge in [-0.05, 0) is 50.5 Å². The lowest BCUT2D eigenvalue weighted by Gasteiger charge is -2.62. The van der Waals surface area contributed by atoms with Crippen molar-refractivity contribution in [3.8, 4) is 0 Å². The predicted molar refractivity (Wildman–Crippen MR) is 176 cm³/mol. The highest BCUT2D eigenvalue weighted by molar-refractivity contribution is 6.18. The molecular weight excluding hydrogens is 634 g/mol. The largest absolute Gasteiger partial charge is 0.462 e. The van der Waals surface area contributed by atoms with Gasteiger partial charge < -0.3 is 45.1 Å². The zero-order valence-electron chi connectivity index (χ0n) is 28.5. The molecule has 1 amide bonds. The number of ether oxygens (including phenoxy) is 4. The molecule has 1 spiro atoms. The Balaban J connectivity index is 1.36. The van der Waals surface area contributed by atoms with Crippen molar-refractivity contribution in [3.63, 3.8) is 0 Å². The van der Waals surface area contributed by atoms with Crippen LogP contribution in [0, 0.1) is 22.7 Å². The second-order valence-corrected chi connectivity index (χ2v) is 14.3.